The normalized spacial score (nSPS) is 15.6. The Balaban J connectivity index is 1.91. The quantitative estimate of drug-likeness (QED) is 0.554. The van der Waals surface area contributed by atoms with Gasteiger partial charge in [0, 0.05) is 11.8 Å². The van der Waals surface area contributed by atoms with Gasteiger partial charge in [-0.1, -0.05) is 12.1 Å². The zero-order valence-electron chi connectivity index (χ0n) is 15.1. The molecule has 1 heterocycles. The van der Waals surface area contributed by atoms with Gasteiger partial charge in [0.15, 0.2) is 5.82 Å². The highest BCUT2D eigenvalue weighted by Gasteiger charge is 2.37. The lowest BCUT2D eigenvalue weighted by Gasteiger charge is -2.18. The molecule has 0 radical (unpaired) electrons. The minimum atomic E-state index is -4.25. The molecule has 3 rings (SSSR count). The van der Waals surface area contributed by atoms with Crippen molar-refractivity contribution < 1.29 is 32.2 Å². The number of carbonyl (C=O) groups is 2. The van der Waals surface area contributed by atoms with E-state index in [1.807, 2.05) is 0 Å². The predicted octanol–water partition coefficient (Wildman–Crippen LogP) is 1.75. The Morgan fingerprint density at radius 3 is 2.71 bits per heavy atom. The van der Waals surface area contributed by atoms with Crippen LogP contribution in [-0.4, -0.2) is 39.1 Å². The molecule has 1 fully saturated rings. The Bertz CT molecular complexity index is 1050. The Labute approximate surface area is 161 Å². The number of nitrogens with one attached hydrogen (secondary N) is 1. The largest absolute Gasteiger partial charge is 0.506 e. The summed E-state index contributed by atoms with van der Waals surface area (Å²) in [6.45, 7) is -0.606. The van der Waals surface area contributed by atoms with Crippen LogP contribution in [0.15, 0.2) is 24.3 Å². The topological polar surface area (TPSA) is 113 Å². The van der Waals surface area contributed by atoms with Crippen molar-refractivity contribution in [2.75, 3.05) is 18.0 Å². The second kappa shape index (κ2) is 7.63. The highest BCUT2D eigenvalue weighted by molar-refractivity contribution is 7.92. The average molecular weight is 410 g/mol. The fourth-order valence-electron chi connectivity index (χ4n) is 3.11. The van der Waals surface area contributed by atoms with Crippen molar-refractivity contribution in [1.82, 2.24) is 4.72 Å². The van der Waals surface area contributed by atoms with Crippen molar-refractivity contribution in [2.24, 2.45) is 0 Å². The van der Waals surface area contributed by atoms with Gasteiger partial charge in [-0.15, -0.1) is 0 Å². The van der Waals surface area contributed by atoms with E-state index in [1.165, 1.54) is 13.2 Å². The van der Waals surface area contributed by atoms with Crippen molar-refractivity contribution in [3.05, 3.63) is 35.6 Å². The van der Waals surface area contributed by atoms with Gasteiger partial charge >= 0.3 is 16.2 Å². The zero-order chi connectivity index (χ0) is 20.5. The van der Waals surface area contributed by atoms with Crippen LogP contribution in [0.2, 0.25) is 0 Å². The maximum Gasteiger partial charge on any atom is 0.326 e. The second-order valence-corrected chi connectivity index (χ2v) is 8.03. The van der Waals surface area contributed by atoms with E-state index in [4.69, 9.17) is 0 Å². The third-order valence-corrected chi connectivity index (χ3v) is 5.87. The van der Waals surface area contributed by atoms with Gasteiger partial charge in [0.1, 0.15) is 18.0 Å². The van der Waals surface area contributed by atoms with Crippen LogP contribution in [0, 0.1) is 5.82 Å². The number of nitrogens with zero attached hydrogens (tertiary/aromatic N) is 1. The molecule has 10 heteroatoms. The average Bonchev–Trinajstić information content (AvgIpc) is 2.91. The number of unbranched alkanes of at least 4 members (excludes halogenated alkanes) is 1. The number of amides is 1. The first kappa shape index (κ1) is 19.9. The van der Waals surface area contributed by atoms with Crippen LogP contribution in [0.4, 0.5) is 10.1 Å². The van der Waals surface area contributed by atoms with Gasteiger partial charge in [-0.25, -0.2) is 13.4 Å². The van der Waals surface area contributed by atoms with Crippen molar-refractivity contribution in [3.8, 4) is 5.75 Å². The number of rotatable bonds is 6. The highest BCUT2D eigenvalue weighted by atomic mass is 32.2. The number of benzene rings is 2. The van der Waals surface area contributed by atoms with Gasteiger partial charge in [0.2, 0.25) is 0 Å². The van der Waals surface area contributed by atoms with Gasteiger partial charge < -0.3 is 9.84 Å². The fraction of sp³-hybridized carbons (Fsp3) is 0.333. The van der Waals surface area contributed by atoms with Crippen LogP contribution in [0.5, 0.6) is 5.75 Å². The van der Waals surface area contributed by atoms with Crippen LogP contribution >= 0.6 is 0 Å². The van der Waals surface area contributed by atoms with E-state index in [2.05, 4.69) is 4.74 Å². The number of carbonyl (C=O) groups excluding carboxylic acids is 2. The molecule has 150 valence electrons. The SMILES string of the molecule is COC(=O)CCCCc1ccc2cc(O)c(N3CC(=O)NS3(=O)=O)c(F)c2c1. The predicted molar refractivity (Wildman–Crippen MR) is 99.6 cm³/mol. The first-order chi connectivity index (χ1) is 13.2. The number of halogens is 1. The standard InChI is InChI=1S/C18H19FN2O6S/c1-27-16(24)5-3-2-4-11-6-7-12-9-14(22)18(17(19)13(12)8-11)21-10-15(23)20-28(21,25)26/h6-9,22H,2-5,10H2,1H3,(H,20,23). The van der Waals surface area contributed by atoms with Crippen LogP contribution in [-0.2, 0) is 31.0 Å². The number of hydrogen-bond acceptors (Lipinski definition) is 6. The van der Waals surface area contributed by atoms with E-state index >= 15 is 4.39 Å². The number of fused-ring (bicyclic) bond motifs is 1. The smallest absolute Gasteiger partial charge is 0.326 e. The molecule has 0 bridgehead atoms. The number of phenols is 1. The highest BCUT2D eigenvalue weighted by Crippen LogP contribution is 2.38. The summed E-state index contributed by atoms with van der Waals surface area (Å²) in [6.07, 6.45) is 2.19. The molecule has 2 aromatic carbocycles. The summed E-state index contributed by atoms with van der Waals surface area (Å²) in [5, 5.41) is 10.7. The van der Waals surface area contributed by atoms with E-state index < -0.39 is 39.9 Å². The summed E-state index contributed by atoms with van der Waals surface area (Å²) in [5.74, 6) is -2.60. The molecule has 1 saturated heterocycles. The first-order valence-corrected chi connectivity index (χ1v) is 10.0. The molecule has 1 aliphatic heterocycles. The van der Waals surface area contributed by atoms with E-state index in [-0.39, 0.29) is 11.4 Å². The van der Waals surface area contributed by atoms with Gasteiger partial charge in [-0.3, -0.25) is 9.59 Å². The number of phenolic OH excluding ortho intramolecular Hbond substituents is 1. The number of methoxy groups -OCH3 is 1. The van der Waals surface area contributed by atoms with E-state index in [9.17, 15) is 23.1 Å². The summed E-state index contributed by atoms with van der Waals surface area (Å²) in [7, 11) is -2.93. The number of aryl methyl sites for hydroxylation is 1. The number of ether oxygens (including phenoxy) is 1. The number of aromatic hydroxyl groups is 1. The molecule has 0 aromatic heterocycles. The first-order valence-electron chi connectivity index (χ1n) is 8.57. The van der Waals surface area contributed by atoms with Crippen LogP contribution in [0.25, 0.3) is 10.8 Å². The van der Waals surface area contributed by atoms with Gasteiger partial charge in [-0.2, -0.15) is 8.42 Å². The monoisotopic (exact) mass is 410 g/mol. The summed E-state index contributed by atoms with van der Waals surface area (Å²) in [4.78, 5) is 22.6. The van der Waals surface area contributed by atoms with E-state index in [0.717, 1.165) is 5.56 Å². The number of esters is 1. The summed E-state index contributed by atoms with van der Waals surface area (Å²) in [5.41, 5.74) is 0.236. The van der Waals surface area contributed by atoms with Gasteiger partial charge in [-0.05, 0) is 42.3 Å². The number of hydrogen-bond donors (Lipinski definition) is 2. The van der Waals surface area contributed by atoms with Crippen LogP contribution in [0.3, 0.4) is 0 Å². The van der Waals surface area contributed by atoms with Crippen molar-refractivity contribution in [1.29, 1.82) is 0 Å². The molecule has 0 unspecified atom stereocenters. The van der Waals surface area contributed by atoms with Crippen molar-refractivity contribution in [3.63, 3.8) is 0 Å². The fourth-order valence-corrected chi connectivity index (χ4v) is 4.28. The lowest BCUT2D eigenvalue weighted by molar-refractivity contribution is -0.140. The lowest BCUT2D eigenvalue weighted by atomic mass is 10.0. The zero-order valence-corrected chi connectivity index (χ0v) is 15.9. The minimum Gasteiger partial charge on any atom is -0.506 e. The Morgan fingerprint density at radius 1 is 1.32 bits per heavy atom. The molecule has 0 aliphatic carbocycles. The molecule has 0 atom stereocenters. The molecule has 8 nitrogen and oxygen atoms in total. The van der Waals surface area contributed by atoms with Gasteiger partial charge in [0.05, 0.1) is 7.11 Å². The van der Waals surface area contributed by atoms with Crippen LogP contribution in [0.1, 0.15) is 24.8 Å². The molecule has 0 spiro atoms. The molecular weight excluding hydrogens is 391 g/mol. The minimum absolute atomic E-state index is 0.132. The molecule has 2 aromatic rings. The van der Waals surface area contributed by atoms with Crippen molar-refractivity contribution >= 4 is 38.5 Å². The van der Waals surface area contributed by atoms with E-state index in [0.29, 0.717) is 35.4 Å². The van der Waals surface area contributed by atoms with Crippen molar-refractivity contribution in [2.45, 2.75) is 25.7 Å². The second-order valence-electron chi connectivity index (χ2n) is 6.43. The Kier molecular flexibility index (Phi) is 5.41. The number of anilines is 1. The van der Waals surface area contributed by atoms with Crippen LogP contribution < -0.4 is 9.03 Å². The Morgan fingerprint density at radius 2 is 2.07 bits per heavy atom. The molecule has 1 aliphatic rings. The molecule has 1 amide bonds. The summed E-state index contributed by atoms with van der Waals surface area (Å²) < 4.78 is 46.0. The maximum absolute atomic E-state index is 15.1. The van der Waals surface area contributed by atoms with Gasteiger partial charge in [0.25, 0.3) is 5.91 Å². The molecule has 0 saturated carbocycles. The molecular formula is C18H19FN2O6S. The molecule has 2 N–H and O–H groups in total. The summed E-state index contributed by atoms with van der Waals surface area (Å²) in [6, 6.07) is 6.23. The third-order valence-electron chi connectivity index (χ3n) is 4.49. The summed E-state index contributed by atoms with van der Waals surface area (Å²) >= 11 is 0. The third kappa shape index (κ3) is 3.86. The molecule has 28 heavy (non-hydrogen) atoms. The lowest BCUT2D eigenvalue weighted by Crippen LogP contribution is -2.30. The maximum atomic E-state index is 15.1. The Hall–Kier alpha value is -2.88. The van der Waals surface area contributed by atoms with E-state index in [1.54, 1.807) is 22.9 Å².